The van der Waals surface area contributed by atoms with Crippen molar-refractivity contribution in [2.24, 2.45) is 0 Å². The molecule has 0 saturated carbocycles. The molecule has 3 rings (SSSR count). The molecule has 156 valence electrons. The molecule has 0 aliphatic carbocycles. The number of aromatic carboxylic acids is 1. The molecule has 2 aromatic rings. The van der Waals surface area contributed by atoms with Crippen molar-refractivity contribution in [1.82, 2.24) is 14.7 Å². The number of nitrogens with zero attached hydrogens (tertiary/aromatic N) is 3. The molecule has 1 N–H and O–H groups in total. The Labute approximate surface area is 168 Å². The third-order valence-corrected chi connectivity index (χ3v) is 4.71. The van der Waals surface area contributed by atoms with Gasteiger partial charge in [0.2, 0.25) is 0 Å². The van der Waals surface area contributed by atoms with Gasteiger partial charge in [0.1, 0.15) is 0 Å². The molecule has 0 atom stereocenters. The normalized spacial score (nSPS) is 15.5. The number of piperidine rings is 1. The van der Waals surface area contributed by atoms with Gasteiger partial charge in [0.05, 0.1) is 18.3 Å². The second-order valence-corrected chi connectivity index (χ2v) is 7.01. The van der Waals surface area contributed by atoms with E-state index >= 15 is 0 Å². The van der Waals surface area contributed by atoms with Gasteiger partial charge in [0.25, 0.3) is 0 Å². The maximum Gasteiger partial charge on any atom is 0.416 e. The number of amides is 1. The second kappa shape index (κ2) is 8.42. The van der Waals surface area contributed by atoms with Gasteiger partial charge in [0.15, 0.2) is 5.69 Å². The summed E-state index contributed by atoms with van der Waals surface area (Å²) in [5, 5.41) is 12.6. The van der Waals surface area contributed by atoms with Crippen LogP contribution in [0.5, 0.6) is 0 Å². The van der Waals surface area contributed by atoms with Crippen LogP contribution in [0.2, 0.25) is 5.02 Å². The fourth-order valence-electron chi connectivity index (χ4n) is 3.01. The van der Waals surface area contributed by atoms with Gasteiger partial charge in [-0.1, -0.05) is 11.6 Å². The first-order valence-corrected chi connectivity index (χ1v) is 9.08. The van der Waals surface area contributed by atoms with E-state index in [9.17, 15) is 22.8 Å². The molecule has 1 aromatic heterocycles. The minimum absolute atomic E-state index is 0.0150. The summed E-state index contributed by atoms with van der Waals surface area (Å²) in [7, 11) is 0. The van der Waals surface area contributed by atoms with Crippen LogP contribution in [-0.2, 0) is 17.5 Å². The zero-order valence-electron chi connectivity index (χ0n) is 15.0. The maximum absolute atomic E-state index is 12.9. The van der Waals surface area contributed by atoms with Crippen molar-refractivity contribution in [2.45, 2.75) is 31.7 Å². The lowest BCUT2D eigenvalue weighted by Gasteiger charge is -2.31. The van der Waals surface area contributed by atoms with Gasteiger partial charge in [0, 0.05) is 24.3 Å². The quantitative estimate of drug-likeness (QED) is 0.793. The van der Waals surface area contributed by atoms with E-state index in [1.54, 1.807) is 0 Å². The smallest absolute Gasteiger partial charge is 0.416 e. The van der Waals surface area contributed by atoms with Crippen molar-refractivity contribution in [3.8, 4) is 0 Å². The van der Waals surface area contributed by atoms with Gasteiger partial charge < -0.3 is 14.7 Å². The summed E-state index contributed by atoms with van der Waals surface area (Å²) >= 11 is 5.77. The average molecular weight is 432 g/mol. The van der Waals surface area contributed by atoms with Crippen LogP contribution in [0.15, 0.2) is 30.5 Å². The van der Waals surface area contributed by atoms with Gasteiger partial charge in [-0.15, -0.1) is 0 Å². The average Bonchev–Trinajstić information content (AvgIpc) is 3.16. The van der Waals surface area contributed by atoms with Crippen LogP contribution in [0.25, 0.3) is 0 Å². The third-order valence-electron chi connectivity index (χ3n) is 4.49. The Morgan fingerprint density at radius 3 is 2.52 bits per heavy atom. The molecule has 1 aromatic carbocycles. The summed E-state index contributed by atoms with van der Waals surface area (Å²) < 4.78 is 45.3. The first-order valence-electron chi connectivity index (χ1n) is 8.70. The number of benzene rings is 1. The molecular formula is C18H17ClF3N3O4. The lowest BCUT2D eigenvalue weighted by molar-refractivity contribution is -0.137. The van der Waals surface area contributed by atoms with Gasteiger partial charge in [-0.25, -0.2) is 9.59 Å². The number of carbonyl (C=O) groups excluding carboxylic acids is 1. The summed E-state index contributed by atoms with van der Waals surface area (Å²) in [5.41, 5.74) is -0.735. The highest BCUT2D eigenvalue weighted by Gasteiger charge is 2.31. The molecule has 11 heteroatoms. The van der Waals surface area contributed by atoms with E-state index < -0.39 is 23.7 Å². The fourth-order valence-corrected chi connectivity index (χ4v) is 3.27. The Morgan fingerprint density at radius 2 is 1.93 bits per heavy atom. The molecule has 1 aliphatic rings. The molecular weight excluding hydrogens is 415 g/mol. The molecule has 1 aliphatic heterocycles. The summed E-state index contributed by atoms with van der Waals surface area (Å²) in [5.74, 6) is -1.22. The van der Waals surface area contributed by atoms with E-state index in [1.165, 1.54) is 23.2 Å². The van der Waals surface area contributed by atoms with Gasteiger partial charge in [-0.2, -0.15) is 23.0 Å². The van der Waals surface area contributed by atoms with Crippen molar-refractivity contribution in [2.75, 3.05) is 13.1 Å². The number of carboxylic acids is 1. The Kier molecular flexibility index (Phi) is 6.13. The molecule has 1 fully saturated rings. The van der Waals surface area contributed by atoms with Crippen LogP contribution in [0.4, 0.5) is 18.0 Å². The van der Waals surface area contributed by atoms with Gasteiger partial charge in [-0.3, -0.25) is 0 Å². The molecule has 7 nitrogen and oxygen atoms in total. The maximum atomic E-state index is 12.9. The van der Waals surface area contributed by atoms with Crippen LogP contribution in [0, 0.1) is 0 Å². The molecule has 2 heterocycles. The topological polar surface area (TPSA) is 84.7 Å². The Morgan fingerprint density at radius 1 is 1.24 bits per heavy atom. The van der Waals surface area contributed by atoms with Crippen molar-refractivity contribution in [3.05, 3.63) is 52.3 Å². The monoisotopic (exact) mass is 431 g/mol. The SMILES string of the molecule is O=C(O)c1ccn(C(=O)N2CCC(OCc3cc(Cl)cc(C(F)(F)F)c3)CC2)n1. The lowest BCUT2D eigenvalue weighted by Crippen LogP contribution is -2.43. The number of aromatic nitrogens is 2. The van der Waals surface area contributed by atoms with Crippen LogP contribution in [0.3, 0.4) is 0 Å². The van der Waals surface area contributed by atoms with E-state index in [2.05, 4.69) is 5.10 Å². The van der Waals surface area contributed by atoms with E-state index in [1.807, 2.05) is 0 Å². The molecule has 29 heavy (non-hydrogen) atoms. The van der Waals surface area contributed by atoms with Crippen molar-refractivity contribution < 1.29 is 32.6 Å². The Bertz CT molecular complexity index is 908. The third kappa shape index (κ3) is 5.27. The number of ether oxygens (including phenoxy) is 1. The number of hydrogen-bond acceptors (Lipinski definition) is 4. The number of halogens is 4. The van der Waals surface area contributed by atoms with E-state index in [0.717, 1.165) is 16.8 Å². The molecule has 0 spiro atoms. The van der Waals surface area contributed by atoms with Crippen LogP contribution in [0.1, 0.15) is 34.5 Å². The van der Waals surface area contributed by atoms with E-state index in [4.69, 9.17) is 21.4 Å². The van der Waals surface area contributed by atoms with Crippen LogP contribution < -0.4 is 0 Å². The van der Waals surface area contributed by atoms with Crippen molar-refractivity contribution in [3.63, 3.8) is 0 Å². The fraction of sp³-hybridized carbons (Fsp3) is 0.389. The van der Waals surface area contributed by atoms with Crippen LogP contribution >= 0.6 is 11.6 Å². The van der Waals surface area contributed by atoms with E-state index in [-0.39, 0.29) is 23.4 Å². The number of likely N-dealkylation sites (tertiary alicyclic amines) is 1. The molecule has 0 radical (unpaired) electrons. The summed E-state index contributed by atoms with van der Waals surface area (Å²) in [6.07, 6.45) is -2.44. The molecule has 0 unspecified atom stereocenters. The number of carboxylic acid groups (broad SMARTS) is 1. The second-order valence-electron chi connectivity index (χ2n) is 6.58. The number of alkyl halides is 3. The zero-order valence-corrected chi connectivity index (χ0v) is 15.8. The summed E-state index contributed by atoms with van der Waals surface area (Å²) in [6, 6.07) is 4.08. The highest BCUT2D eigenvalue weighted by molar-refractivity contribution is 6.30. The van der Waals surface area contributed by atoms with Crippen LogP contribution in [-0.4, -0.2) is 51.0 Å². The standard InChI is InChI=1S/C18H17ClF3N3O4/c19-13-8-11(7-12(9-13)18(20,21)22)10-29-14-1-4-24(5-2-14)17(28)25-6-3-15(23-25)16(26)27/h3,6-9,14H,1-2,4-5,10H2,(H,26,27). The minimum atomic E-state index is -4.49. The predicted molar refractivity (Wildman–Crippen MR) is 95.8 cm³/mol. The molecule has 1 amide bonds. The summed E-state index contributed by atoms with van der Waals surface area (Å²) in [6.45, 7) is 0.688. The first-order chi connectivity index (χ1) is 13.6. The van der Waals surface area contributed by atoms with E-state index in [0.29, 0.717) is 31.5 Å². The van der Waals surface area contributed by atoms with Crippen molar-refractivity contribution >= 4 is 23.6 Å². The summed E-state index contributed by atoms with van der Waals surface area (Å²) in [4.78, 5) is 24.7. The number of hydrogen-bond donors (Lipinski definition) is 1. The van der Waals surface area contributed by atoms with Gasteiger partial charge in [-0.05, 0) is 42.7 Å². The highest BCUT2D eigenvalue weighted by atomic mass is 35.5. The predicted octanol–water partition coefficient (Wildman–Crippen LogP) is 3.90. The van der Waals surface area contributed by atoms with Gasteiger partial charge >= 0.3 is 18.2 Å². The number of carbonyl (C=O) groups is 2. The first kappa shape index (κ1) is 21.1. The largest absolute Gasteiger partial charge is 0.476 e. The molecule has 1 saturated heterocycles. The Hall–Kier alpha value is -2.59. The minimum Gasteiger partial charge on any atom is -0.476 e. The molecule has 0 bridgehead atoms. The number of rotatable bonds is 4. The zero-order chi connectivity index (χ0) is 21.2. The highest BCUT2D eigenvalue weighted by Crippen LogP contribution is 2.32. The van der Waals surface area contributed by atoms with Crippen molar-refractivity contribution in [1.29, 1.82) is 0 Å². The Balaban J connectivity index is 1.53. The lowest BCUT2D eigenvalue weighted by atomic mass is 10.1.